The van der Waals surface area contributed by atoms with Crippen molar-refractivity contribution in [3.63, 3.8) is 0 Å². The van der Waals surface area contributed by atoms with Crippen molar-refractivity contribution in [3.05, 3.63) is 93.6 Å². The molecule has 0 spiro atoms. The van der Waals surface area contributed by atoms with E-state index in [1.54, 1.807) is 24.3 Å². The molecule has 0 aliphatic heterocycles. The van der Waals surface area contributed by atoms with Crippen molar-refractivity contribution in [2.45, 2.75) is 32.9 Å². The quantitative estimate of drug-likeness (QED) is 0.125. The fourth-order valence-corrected chi connectivity index (χ4v) is 4.49. The molecule has 11 heteroatoms. The average Bonchev–Trinajstić information content (AvgIpc) is 3.38. The van der Waals surface area contributed by atoms with Crippen LogP contribution in [-0.2, 0) is 22.6 Å². The van der Waals surface area contributed by atoms with Crippen molar-refractivity contribution in [1.82, 2.24) is 15.7 Å². The summed E-state index contributed by atoms with van der Waals surface area (Å²) in [5.41, 5.74) is 5.78. The van der Waals surface area contributed by atoms with Crippen LogP contribution in [0.15, 0.2) is 72.0 Å². The zero-order valence-corrected chi connectivity index (χ0v) is 25.0. The summed E-state index contributed by atoms with van der Waals surface area (Å²) >= 11 is 12.4. The Labute approximate surface area is 254 Å². The Morgan fingerprint density at radius 1 is 1.07 bits per heavy atom. The number of carbonyl (C=O) groups excluding carboxylic acids is 2. The first-order chi connectivity index (χ1) is 20.2. The summed E-state index contributed by atoms with van der Waals surface area (Å²) in [6.45, 7) is 4.35. The molecule has 0 aliphatic carbocycles. The Kier molecular flexibility index (Phi) is 10.7. The number of H-pyrrole nitrogens is 1. The summed E-state index contributed by atoms with van der Waals surface area (Å²) in [5.74, 6) is 0.410. The van der Waals surface area contributed by atoms with Gasteiger partial charge in [0.05, 0.1) is 25.0 Å². The summed E-state index contributed by atoms with van der Waals surface area (Å²) in [4.78, 5) is 28.8. The van der Waals surface area contributed by atoms with Crippen LogP contribution in [0.25, 0.3) is 10.9 Å². The third-order valence-electron chi connectivity index (χ3n) is 6.19. The number of ether oxygens (including phenoxy) is 3. The molecule has 1 aromatic heterocycles. The van der Waals surface area contributed by atoms with Gasteiger partial charge in [-0.25, -0.2) is 10.2 Å². The number of rotatable bonds is 12. The number of fused-ring (bicyclic) bond motifs is 1. The molecule has 0 radical (unpaired) electrons. The van der Waals surface area contributed by atoms with E-state index in [1.165, 1.54) is 13.3 Å². The number of aromatic nitrogens is 1. The summed E-state index contributed by atoms with van der Waals surface area (Å²) in [7, 11) is 1.50. The Morgan fingerprint density at radius 3 is 2.57 bits per heavy atom. The van der Waals surface area contributed by atoms with E-state index in [1.807, 2.05) is 56.4 Å². The lowest BCUT2D eigenvalue weighted by Crippen LogP contribution is -2.47. The number of amides is 2. The van der Waals surface area contributed by atoms with E-state index in [0.29, 0.717) is 27.1 Å². The number of para-hydroxylation sites is 1. The van der Waals surface area contributed by atoms with Crippen molar-refractivity contribution in [2.24, 2.45) is 11.0 Å². The van der Waals surface area contributed by atoms with Crippen LogP contribution in [0, 0.1) is 5.92 Å². The van der Waals surface area contributed by atoms with Gasteiger partial charge in [-0.3, -0.25) is 4.79 Å². The molecule has 4 aromatic rings. The highest BCUT2D eigenvalue weighted by Gasteiger charge is 2.23. The second-order valence-corrected chi connectivity index (χ2v) is 10.8. The van der Waals surface area contributed by atoms with Crippen LogP contribution >= 0.6 is 23.2 Å². The molecule has 0 aliphatic rings. The number of aromatic amines is 1. The van der Waals surface area contributed by atoms with Gasteiger partial charge in [0.25, 0.3) is 5.91 Å². The number of nitrogens with one attached hydrogen (secondary N) is 3. The second kappa shape index (κ2) is 14.6. The Morgan fingerprint density at radius 2 is 1.83 bits per heavy atom. The molecule has 42 heavy (non-hydrogen) atoms. The molecule has 2 amide bonds. The first-order valence-electron chi connectivity index (χ1n) is 13.3. The topological polar surface area (TPSA) is 114 Å². The minimum Gasteiger partial charge on any atom is -0.493 e. The number of hydrogen-bond acceptors (Lipinski definition) is 6. The van der Waals surface area contributed by atoms with Gasteiger partial charge in [-0.2, -0.15) is 5.10 Å². The molecule has 0 saturated carbocycles. The second-order valence-electron chi connectivity index (χ2n) is 9.94. The summed E-state index contributed by atoms with van der Waals surface area (Å²) in [6.07, 6.45) is 2.79. The van der Waals surface area contributed by atoms with Crippen molar-refractivity contribution in [2.75, 3.05) is 13.7 Å². The number of nitrogens with zero attached hydrogens (tertiary/aromatic N) is 1. The smallest absolute Gasteiger partial charge is 0.407 e. The van der Waals surface area contributed by atoms with Crippen molar-refractivity contribution >= 4 is 52.3 Å². The van der Waals surface area contributed by atoms with Gasteiger partial charge in [-0.1, -0.05) is 67.4 Å². The van der Waals surface area contributed by atoms with E-state index < -0.39 is 18.0 Å². The molecule has 3 N–H and O–H groups in total. The molecule has 0 saturated heterocycles. The Bertz CT molecular complexity index is 1550. The van der Waals surface area contributed by atoms with Crippen LogP contribution in [0.5, 0.6) is 11.5 Å². The maximum absolute atomic E-state index is 13.2. The molecule has 3 aromatic carbocycles. The molecule has 1 atom stereocenters. The predicted molar refractivity (Wildman–Crippen MR) is 165 cm³/mol. The molecule has 0 unspecified atom stereocenters. The van der Waals surface area contributed by atoms with Gasteiger partial charge in [-0.05, 0) is 52.9 Å². The molecule has 4 rings (SSSR count). The van der Waals surface area contributed by atoms with E-state index in [4.69, 9.17) is 37.4 Å². The number of hydrogen-bond donors (Lipinski definition) is 3. The Hall–Kier alpha value is -4.21. The van der Waals surface area contributed by atoms with Crippen molar-refractivity contribution in [1.29, 1.82) is 0 Å². The van der Waals surface area contributed by atoms with Crippen LogP contribution in [0.3, 0.4) is 0 Å². The minimum absolute atomic E-state index is 0.152. The van der Waals surface area contributed by atoms with Crippen molar-refractivity contribution < 1.29 is 23.8 Å². The monoisotopic (exact) mass is 610 g/mol. The lowest BCUT2D eigenvalue weighted by molar-refractivity contribution is -0.123. The molecule has 0 fully saturated rings. The first kappa shape index (κ1) is 30.7. The normalized spacial score (nSPS) is 12.0. The fourth-order valence-electron chi connectivity index (χ4n) is 4.09. The SMILES string of the molecule is COc1cc(/C=N\NC(=O)[C@H](Cc2c[nH]c3ccccc23)NC(=O)OCC(C)C)cc(Cl)c1OCc1ccc(Cl)cc1. The van der Waals surface area contributed by atoms with Crippen molar-refractivity contribution in [3.8, 4) is 11.5 Å². The van der Waals surface area contributed by atoms with Crippen LogP contribution in [0.4, 0.5) is 4.79 Å². The minimum atomic E-state index is -0.942. The van der Waals surface area contributed by atoms with Gasteiger partial charge in [0.1, 0.15) is 12.6 Å². The van der Waals surface area contributed by atoms with Gasteiger partial charge in [0.15, 0.2) is 11.5 Å². The number of carbonyl (C=O) groups is 2. The van der Waals surface area contributed by atoms with Gasteiger partial charge in [0, 0.05) is 28.5 Å². The van der Waals surface area contributed by atoms with Gasteiger partial charge >= 0.3 is 6.09 Å². The number of hydrazone groups is 1. The van der Waals surface area contributed by atoms with E-state index in [9.17, 15) is 9.59 Å². The standard InChI is InChI=1S/C31H32Cl2N4O5/c1-19(2)17-42-31(39)36-27(14-22-16-34-26-7-5-4-6-24(22)26)30(38)37-35-15-21-12-25(33)29(28(13-21)40-3)41-18-20-8-10-23(32)11-9-20/h4-13,15-16,19,27,34H,14,17-18H2,1-3H3,(H,36,39)(H,37,38)/b35-15-/t27-/m0/s1. The molecule has 1 heterocycles. The van der Waals surface area contributed by atoms with E-state index in [-0.39, 0.29) is 25.6 Å². The summed E-state index contributed by atoms with van der Waals surface area (Å²) in [6, 6.07) is 17.4. The molecule has 9 nitrogen and oxygen atoms in total. The van der Waals surface area contributed by atoms with Crippen LogP contribution in [-0.4, -0.2) is 43.0 Å². The van der Waals surface area contributed by atoms with Crippen LogP contribution in [0.2, 0.25) is 10.0 Å². The highest BCUT2D eigenvalue weighted by atomic mass is 35.5. The predicted octanol–water partition coefficient (Wildman–Crippen LogP) is 6.51. The molecular formula is C31H32Cl2N4O5. The highest BCUT2D eigenvalue weighted by molar-refractivity contribution is 6.32. The van der Waals surface area contributed by atoms with E-state index >= 15 is 0 Å². The first-order valence-corrected chi connectivity index (χ1v) is 14.0. The number of alkyl carbamates (subject to hydrolysis) is 1. The van der Waals surface area contributed by atoms with Crippen LogP contribution < -0.4 is 20.2 Å². The maximum Gasteiger partial charge on any atom is 0.407 e. The van der Waals surface area contributed by atoms with Gasteiger partial charge in [-0.15, -0.1) is 0 Å². The maximum atomic E-state index is 13.2. The lowest BCUT2D eigenvalue weighted by atomic mass is 10.0. The third-order valence-corrected chi connectivity index (χ3v) is 6.72. The molecule has 0 bridgehead atoms. The highest BCUT2D eigenvalue weighted by Crippen LogP contribution is 2.36. The van der Waals surface area contributed by atoms with Gasteiger partial charge in [0.2, 0.25) is 0 Å². The van der Waals surface area contributed by atoms with Crippen LogP contribution in [0.1, 0.15) is 30.5 Å². The molecule has 220 valence electrons. The lowest BCUT2D eigenvalue weighted by Gasteiger charge is -2.17. The summed E-state index contributed by atoms with van der Waals surface area (Å²) in [5, 5.41) is 8.65. The fraction of sp³-hybridized carbons (Fsp3) is 0.258. The number of benzene rings is 3. The number of halogens is 2. The average molecular weight is 612 g/mol. The molecular weight excluding hydrogens is 579 g/mol. The van der Waals surface area contributed by atoms with E-state index in [0.717, 1.165) is 22.0 Å². The largest absolute Gasteiger partial charge is 0.493 e. The van der Waals surface area contributed by atoms with E-state index in [2.05, 4.69) is 20.8 Å². The van der Waals surface area contributed by atoms with Gasteiger partial charge < -0.3 is 24.5 Å². The Balaban J connectivity index is 1.45. The third kappa shape index (κ3) is 8.41. The summed E-state index contributed by atoms with van der Waals surface area (Å²) < 4.78 is 16.6. The zero-order chi connectivity index (χ0) is 30.1. The zero-order valence-electron chi connectivity index (χ0n) is 23.4. The number of methoxy groups -OCH3 is 1.